The summed E-state index contributed by atoms with van der Waals surface area (Å²) in [6.07, 6.45) is -4.84. The first-order chi connectivity index (χ1) is 24.6. The van der Waals surface area contributed by atoms with Crippen molar-refractivity contribution in [2.24, 2.45) is 0 Å². The van der Waals surface area contributed by atoms with E-state index in [4.69, 9.17) is 31.3 Å². The lowest BCUT2D eigenvalue weighted by atomic mass is 10.1. The predicted octanol–water partition coefficient (Wildman–Crippen LogP) is 5.54. The zero-order valence-electron chi connectivity index (χ0n) is 31.8. The van der Waals surface area contributed by atoms with E-state index < -0.39 is 53.4 Å². The average molecular weight is 740 g/mol. The number of morpholine rings is 1. The van der Waals surface area contributed by atoms with Crippen LogP contribution in [0.4, 0.5) is 26.7 Å². The van der Waals surface area contributed by atoms with E-state index in [9.17, 15) is 33.9 Å². The molecule has 1 saturated heterocycles. The van der Waals surface area contributed by atoms with Crippen LogP contribution in [-0.4, -0.2) is 94.5 Å². The molecule has 0 unspecified atom stereocenters. The molecule has 53 heavy (non-hydrogen) atoms. The van der Waals surface area contributed by atoms with Crippen LogP contribution in [0.2, 0.25) is 0 Å². The lowest BCUT2D eigenvalue weighted by molar-refractivity contribution is -0.177. The van der Waals surface area contributed by atoms with Gasteiger partial charge >= 0.3 is 24.1 Å². The van der Waals surface area contributed by atoms with Gasteiger partial charge in [-0.1, -0.05) is 19.9 Å². The maximum absolute atomic E-state index is 12.8. The highest BCUT2D eigenvalue weighted by Gasteiger charge is 2.43. The Kier molecular flexibility index (Phi) is 14.9. The summed E-state index contributed by atoms with van der Waals surface area (Å²) in [5.41, 5.74) is 7.27. The maximum atomic E-state index is 12.8. The molecule has 288 valence electrons. The Morgan fingerprint density at radius 1 is 1.02 bits per heavy atom. The number of nitrogens with zero attached hydrogens (tertiary/aromatic N) is 4. The number of amides is 4. The highest BCUT2D eigenvalue weighted by molar-refractivity contribution is 6.02. The second-order valence-electron chi connectivity index (χ2n) is 13.7. The summed E-state index contributed by atoms with van der Waals surface area (Å²) in [7, 11) is 1.69. The molecule has 3 N–H and O–H groups in total. The third kappa shape index (κ3) is 12.2. The van der Waals surface area contributed by atoms with Crippen molar-refractivity contribution in [3.8, 4) is 0 Å². The molecule has 0 bridgehead atoms. The van der Waals surface area contributed by atoms with Crippen molar-refractivity contribution in [3.05, 3.63) is 64.5 Å². The molecule has 2 aromatic carbocycles. The molecular formula is C37H49N5O11. The van der Waals surface area contributed by atoms with Crippen LogP contribution in [0.5, 0.6) is 0 Å². The van der Waals surface area contributed by atoms with Crippen LogP contribution in [0.25, 0.3) is 4.85 Å². The molecule has 2 atom stereocenters. The van der Waals surface area contributed by atoms with E-state index in [1.54, 1.807) is 89.9 Å². The number of aliphatic carboxylic acids is 1. The Balaban J connectivity index is 0.000000351. The summed E-state index contributed by atoms with van der Waals surface area (Å²) < 4.78 is 20.6. The normalized spacial score (nSPS) is 15.7. The number of carboxylic acids is 1. The van der Waals surface area contributed by atoms with Gasteiger partial charge in [0.15, 0.2) is 11.8 Å². The van der Waals surface area contributed by atoms with E-state index in [1.807, 2.05) is 13.8 Å². The van der Waals surface area contributed by atoms with Crippen molar-refractivity contribution in [2.45, 2.75) is 98.8 Å². The Morgan fingerprint density at radius 2 is 1.60 bits per heavy atom. The van der Waals surface area contributed by atoms with Crippen molar-refractivity contribution >= 4 is 53.0 Å². The zero-order valence-corrected chi connectivity index (χ0v) is 31.8. The molecule has 0 radical (unpaired) electrons. The van der Waals surface area contributed by atoms with Gasteiger partial charge in [-0.3, -0.25) is 14.4 Å². The molecule has 2 aliphatic rings. The molecular weight excluding hydrogens is 690 g/mol. The maximum Gasteiger partial charge on any atom is 0.420 e. The second kappa shape index (κ2) is 18.2. The number of nitrogen functional groups attached to an aromatic ring is 1. The Morgan fingerprint density at radius 3 is 2.11 bits per heavy atom. The predicted molar refractivity (Wildman–Crippen MR) is 194 cm³/mol. The number of hydrogen-bond donors (Lipinski definition) is 2. The fourth-order valence-electron chi connectivity index (χ4n) is 4.97. The lowest BCUT2D eigenvalue weighted by Crippen LogP contribution is -2.55. The Labute approximate surface area is 309 Å². The molecule has 2 aliphatic heterocycles. The van der Waals surface area contributed by atoms with Crippen molar-refractivity contribution in [3.63, 3.8) is 0 Å². The number of ether oxygens (including phenoxy) is 4. The molecule has 4 rings (SSSR count). The van der Waals surface area contributed by atoms with Gasteiger partial charge < -0.3 is 39.6 Å². The van der Waals surface area contributed by atoms with Gasteiger partial charge in [0.25, 0.3) is 11.8 Å². The van der Waals surface area contributed by atoms with Crippen LogP contribution in [0, 0.1) is 6.57 Å². The van der Waals surface area contributed by atoms with Crippen LogP contribution in [0.3, 0.4) is 0 Å². The van der Waals surface area contributed by atoms with Crippen LogP contribution in [0.15, 0.2) is 36.4 Å². The molecule has 16 heteroatoms. The molecule has 4 amide bonds. The van der Waals surface area contributed by atoms with E-state index >= 15 is 0 Å². The lowest BCUT2D eigenvalue weighted by Gasteiger charge is -2.34. The number of carbonyl (C=O) groups is 6. The molecule has 0 spiro atoms. The highest BCUT2D eigenvalue weighted by atomic mass is 16.6. The molecule has 2 aromatic rings. The standard InChI is InChI=1S/C18H25N3O4.C17H18N2O7.C2H6/c1-17(2,3)24-15(22)21(16(23)25-18(4,5)6)11-12-10-13(19)8-9-14(12)20-7;1-9(20)26-14(17(23)24)13-16(22)19(5-6-25-13)11-3-4-12-10(7-11)8-18(2)15(12)21;1-2/h8-10H,11,19H2,1-6H3;3-4,7,13-14H,5-6,8H2,1-2H3,(H,23,24);1-2H3/t;13-,14-;/m.1./s1. The number of benzene rings is 2. The quantitative estimate of drug-likeness (QED) is 0.163. The minimum absolute atomic E-state index is 0.0847. The van der Waals surface area contributed by atoms with E-state index in [0.717, 1.165) is 17.4 Å². The van der Waals surface area contributed by atoms with Gasteiger partial charge in [-0.05, 0) is 83.0 Å². The van der Waals surface area contributed by atoms with Gasteiger partial charge in [0, 0.05) is 44.0 Å². The topological polar surface area (TPSA) is 200 Å². The minimum atomic E-state index is -1.72. The molecule has 0 aliphatic carbocycles. The number of esters is 1. The van der Waals surface area contributed by atoms with Crippen molar-refractivity contribution in [2.75, 3.05) is 30.8 Å². The zero-order chi connectivity index (χ0) is 40.4. The van der Waals surface area contributed by atoms with Crippen molar-refractivity contribution < 1.29 is 52.8 Å². The molecule has 2 heterocycles. The smallest absolute Gasteiger partial charge is 0.420 e. The third-order valence-corrected chi connectivity index (χ3v) is 7.10. The molecule has 0 saturated carbocycles. The van der Waals surface area contributed by atoms with Gasteiger partial charge in [-0.2, -0.15) is 0 Å². The summed E-state index contributed by atoms with van der Waals surface area (Å²) >= 11 is 0. The first kappa shape index (κ1) is 43.5. The molecule has 1 fully saturated rings. The van der Waals surface area contributed by atoms with Gasteiger partial charge in [-0.25, -0.2) is 24.1 Å². The van der Waals surface area contributed by atoms with Crippen LogP contribution >= 0.6 is 0 Å². The number of imide groups is 1. The van der Waals surface area contributed by atoms with Crippen molar-refractivity contribution in [1.82, 2.24) is 9.80 Å². The van der Waals surface area contributed by atoms with E-state index in [2.05, 4.69) is 4.85 Å². The minimum Gasteiger partial charge on any atom is -0.478 e. The summed E-state index contributed by atoms with van der Waals surface area (Å²) in [6.45, 7) is 23.1. The summed E-state index contributed by atoms with van der Waals surface area (Å²) in [5.74, 6) is -2.97. The number of anilines is 2. The monoisotopic (exact) mass is 739 g/mol. The van der Waals surface area contributed by atoms with Gasteiger partial charge in [0.2, 0.25) is 6.10 Å². The fourth-order valence-corrected chi connectivity index (χ4v) is 4.97. The summed E-state index contributed by atoms with van der Waals surface area (Å²) in [6, 6.07) is 9.70. The summed E-state index contributed by atoms with van der Waals surface area (Å²) in [4.78, 5) is 79.4. The number of carbonyl (C=O) groups excluding carboxylic acids is 5. The van der Waals surface area contributed by atoms with Gasteiger partial charge in [-0.15, -0.1) is 0 Å². The first-order valence-electron chi connectivity index (χ1n) is 16.8. The fraction of sp³-hybridized carbons (Fsp3) is 0.486. The van der Waals surface area contributed by atoms with Gasteiger partial charge in [0.05, 0.1) is 19.7 Å². The number of carboxylic acid groups (broad SMARTS) is 1. The third-order valence-electron chi connectivity index (χ3n) is 7.10. The second-order valence-corrected chi connectivity index (χ2v) is 13.7. The Hall–Kier alpha value is -5.69. The number of hydrogen-bond acceptors (Lipinski definition) is 11. The number of fused-ring (bicyclic) bond motifs is 1. The molecule has 0 aromatic heterocycles. The van der Waals surface area contributed by atoms with E-state index in [0.29, 0.717) is 34.7 Å². The SMILES string of the molecule is CC.CC(=O)O[C@@H](C(=O)O)[C@H]1OCCN(c2ccc3c(c2)CN(C)C3=O)C1=O.[C-]#[N+]c1ccc(N)cc1CN(C(=O)OC(C)(C)C)C(=O)OC(C)(C)C. The van der Waals surface area contributed by atoms with Gasteiger partial charge in [0.1, 0.15) is 11.2 Å². The summed E-state index contributed by atoms with van der Waals surface area (Å²) in [5, 5.41) is 9.26. The van der Waals surface area contributed by atoms with Crippen molar-refractivity contribution in [1.29, 1.82) is 0 Å². The highest BCUT2D eigenvalue weighted by Crippen LogP contribution is 2.29. The largest absolute Gasteiger partial charge is 0.478 e. The van der Waals surface area contributed by atoms with Crippen LogP contribution < -0.4 is 10.6 Å². The first-order valence-corrected chi connectivity index (χ1v) is 16.8. The number of nitrogens with two attached hydrogens (primary N) is 1. The Bertz CT molecular complexity index is 1710. The van der Waals surface area contributed by atoms with E-state index in [-0.39, 0.29) is 25.6 Å². The van der Waals surface area contributed by atoms with Crippen LogP contribution in [-0.2, 0) is 46.4 Å². The number of rotatable bonds is 6. The molecule has 16 nitrogen and oxygen atoms in total. The van der Waals surface area contributed by atoms with E-state index in [1.165, 1.54) is 4.90 Å². The van der Waals surface area contributed by atoms with Crippen LogP contribution in [0.1, 0.15) is 83.8 Å². The average Bonchev–Trinajstić information content (AvgIpc) is 3.34.